The second kappa shape index (κ2) is 6.52. The summed E-state index contributed by atoms with van der Waals surface area (Å²) in [5, 5.41) is 9.83. The van der Waals surface area contributed by atoms with Crippen molar-refractivity contribution in [3.05, 3.63) is 17.0 Å². The van der Waals surface area contributed by atoms with Gasteiger partial charge in [-0.05, 0) is 6.42 Å². The molecule has 0 aliphatic carbocycles. The highest BCUT2D eigenvalue weighted by atomic mass is 16.6. The van der Waals surface area contributed by atoms with Crippen molar-refractivity contribution < 1.29 is 4.92 Å². The predicted octanol–water partition coefficient (Wildman–Crippen LogP) is 2.05. The van der Waals surface area contributed by atoms with E-state index in [0.29, 0.717) is 6.42 Å². The summed E-state index contributed by atoms with van der Waals surface area (Å²) in [4.78, 5) is 9.57. The number of hydrogen-bond acceptors (Lipinski definition) is 2. The Morgan fingerprint density at radius 1 is 1.20 bits per heavy atom. The second-order valence-corrected chi connectivity index (χ2v) is 2.32. The average molecular weight is 144 g/mol. The molecule has 1 radical (unpaired) electrons. The van der Waals surface area contributed by atoms with Crippen LogP contribution in [0.15, 0.2) is 0 Å². The Morgan fingerprint density at radius 3 is 2.30 bits per heavy atom. The first kappa shape index (κ1) is 9.40. The molecule has 0 atom stereocenters. The zero-order valence-corrected chi connectivity index (χ0v) is 6.21. The van der Waals surface area contributed by atoms with E-state index in [2.05, 4.69) is 6.92 Å². The van der Waals surface area contributed by atoms with Gasteiger partial charge >= 0.3 is 0 Å². The van der Waals surface area contributed by atoms with E-state index in [1.165, 1.54) is 0 Å². The minimum absolute atomic E-state index is 0.122. The van der Waals surface area contributed by atoms with E-state index < -0.39 is 0 Å². The van der Waals surface area contributed by atoms with Crippen LogP contribution in [-0.2, 0) is 0 Å². The molecule has 0 bridgehead atoms. The molecule has 0 saturated heterocycles. The van der Waals surface area contributed by atoms with Gasteiger partial charge in [-0.2, -0.15) is 0 Å². The van der Waals surface area contributed by atoms with E-state index >= 15 is 0 Å². The van der Waals surface area contributed by atoms with Gasteiger partial charge in [0, 0.05) is 11.3 Å². The van der Waals surface area contributed by atoms with Crippen molar-refractivity contribution in [3.8, 4) is 0 Å². The molecule has 0 spiro atoms. The molecule has 0 amide bonds. The maximum Gasteiger partial charge on any atom is 0.203 e. The van der Waals surface area contributed by atoms with Crippen molar-refractivity contribution in [1.82, 2.24) is 0 Å². The lowest BCUT2D eigenvalue weighted by Gasteiger charge is -1.94. The molecule has 0 aliphatic rings. The lowest BCUT2D eigenvalue weighted by atomic mass is 10.2. The monoisotopic (exact) mass is 144 g/mol. The topological polar surface area (TPSA) is 43.1 Å². The predicted molar refractivity (Wildman–Crippen MR) is 40.3 cm³/mol. The van der Waals surface area contributed by atoms with E-state index in [1.54, 1.807) is 0 Å². The van der Waals surface area contributed by atoms with Gasteiger partial charge in [0.1, 0.15) is 0 Å². The highest BCUT2D eigenvalue weighted by molar-refractivity contribution is 4.44. The molecule has 3 nitrogen and oxygen atoms in total. The maximum atomic E-state index is 9.83. The largest absolute Gasteiger partial charge is 0.265 e. The Hall–Kier alpha value is -0.600. The second-order valence-electron chi connectivity index (χ2n) is 2.32. The van der Waals surface area contributed by atoms with Gasteiger partial charge < -0.3 is 0 Å². The Bertz CT molecular complexity index is 93.6. The summed E-state index contributed by atoms with van der Waals surface area (Å²) >= 11 is 0. The lowest BCUT2D eigenvalue weighted by Crippen LogP contribution is -1.99. The van der Waals surface area contributed by atoms with Gasteiger partial charge in [-0.25, -0.2) is 0 Å². The summed E-state index contributed by atoms with van der Waals surface area (Å²) in [7, 11) is 0. The third kappa shape index (κ3) is 7.40. The van der Waals surface area contributed by atoms with E-state index in [4.69, 9.17) is 0 Å². The van der Waals surface area contributed by atoms with Crippen LogP contribution in [-0.4, -0.2) is 11.5 Å². The normalized spacial score (nSPS) is 9.70. The molecular weight excluding hydrogens is 130 g/mol. The molecule has 3 heteroatoms. The van der Waals surface area contributed by atoms with Crippen molar-refractivity contribution in [2.24, 2.45) is 0 Å². The fourth-order valence-electron chi connectivity index (χ4n) is 0.771. The summed E-state index contributed by atoms with van der Waals surface area (Å²) in [6, 6.07) is 0. The van der Waals surface area contributed by atoms with Gasteiger partial charge in [-0.3, -0.25) is 10.1 Å². The summed E-state index contributed by atoms with van der Waals surface area (Å²) < 4.78 is 0. The van der Waals surface area contributed by atoms with Gasteiger partial charge in [0.2, 0.25) is 6.54 Å². The minimum Gasteiger partial charge on any atom is -0.265 e. The third-order valence-corrected chi connectivity index (χ3v) is 1.34. The van der Waals surface area contributed by atoms with Crippen LogP contribution in [0.3, 0.4) is 0 Å². The minimum atomic E-state index is -0.260. The Labute approximate surface area is 61.6 Å². The smallest absolute Gasteiger partial charge is 0.203 e. The summed E-state index contributed by atoms with van der Waals surface area (Å²) in [5.41, 5.74) is 0. The first-order valence-electron chi connectivity index (χ1n) is 3.68. The highest BCUT2D eigenvalue weighted by Gasteiger charge is 1.94. The quantitative estimate of drug-likeness (QED) is 0.325. The highest BCUT2D eigenvalue weighted by Crippen LogP contribution is 2.01. The molecule has 0 aromatic rings. The first-order chi connectivity index (χ1) is 4.77. The molecule has 0 heterocycles. The fourth-order valence-corrected chi connectivity index (χ4v) is 0.771. The van der Waals surface area contributed by atoms with Crippen molar-refractivity contribution in [2.75, 3.05) is 6.54 Å². The van der Waals surface area contributed by atoms with Crippen molar-refractivity contribution in [2.45, 2.75) is 32.1 Å². The molecule has 0 aliphatic heterocycles. The zero-order chi connectivity index (χ0) is 7.82. The van der Waals surface area contributed by atoms with Gasteiger partial charge in [0.25, 0.3) is 0 Å². The van der Waals surface area contributed by atoms with Crippen LogP contribution in [0.2, 0.25) is 0 Å². The number of unbranched alkanes of at least 4 members (excludes halogenated alkanes) is 4. The summed E-state index contributed by atoms with van der Waals surface area (Å²) in [5.74, 6) is 0. The van der Waals surface area contributed by atoms with Gasteiger partial charge in [0.05, 0.1) is 0 Å². The fraction of sp³-hybridized carbons (Fsp3) is 0.857. The molecule has 59 valence electrons. The summed E-state index contributed by atoms with van der Waals surface area (Å²) in [6.07, 6.45) is 4.80. The Morgan fingerprint density at radius 2 is 1.80 bits per heavy atom. The Kier molecular flexibility index (Phi) is 6.13. The van der Waals surface area contributed by atoms with E-state index in [9.17, 15) is 10.1 Å². The SMILES string of the molecule is [CH2]CCCCCC[N+](=O)[O-]. The van der Waals surface area contributed by atoms with E-state index in [1.807, 2.05) is 0 Å². The van der Waals surface area contributed by atoms with Crippen molar-refractivity contribution >= 4 is 0 Å². The average Bonchev–Trinajstić information content (AvgIpc) is 1.87. The van der Waals surface area contributed by atoms with Crippen molar-refractivity contribution in [3.63, 3.8) is 0 Å². The lowest BCUT2D eigenvalue weighted by molar-refractivity contribution is -0.480. The third-order valence-electron chi connectivity index (χ3n) is 1.34. The molecule has 0 aromatic heterocycles. The zero-order valence-electron chi connectivity index (χ0n) is 6.21. The standard InChI is InChI=1S/C7H14NO2/c1-2-3-4-5-6-7-8(9)10/h1-7H2. The van der Waals surface area contributed by atoms with E-state index in [-0.39, 0.29) is 11.5 Å². The molecular formula is C7H14NO2. The number of nitro groups is 1. The van der Waals surface area contributed by atoms with Gasteiger partial charge in [0.15, 0.2) is 0 Å². The molecule has 0 N–H and O–H groups in total. The van der Waals surface area contributed by atoms with Crippen molar-refractivity contribution in [1.29, 1.82) is 0 Å². The molecule has 0 rings (SSSR count). The molecule has 0 fully saturated rings. The van der Waals surface area contributed by atoms with Crippen LogP contribution >= 0.6 is 0 Å². The van der Waals surface area contributed by atoms with Crippen LogP contribution < -0.4 is 0 Å². The van der Waals surface area contributed by atoms with Crippen LogP contribution in [0.1, 0.15) is 32.1 Å². The Balaban J connectivity index is 2.84. The van der Waals surface area contributed by atoms with Crippen LogP contribution in [0.4, 0.5) is 0 Å². The first-order valence-corrected chi connectivity index (χ1v) is 3.68. The molecule has 10 heavy (non-hydrogen) atoms. The molecule has 0 aromatic carbocycles. The number of hydrogen-bond donors (Lipinski definition) is 0. The van der Waals surface area contributed by atoms with Gasteiger partial charge in [-0.15, -0.1) is 0 Å². The van der Waals surface area contributed by atoms with Gasteiger partial charge in [-0.1, -0.05) is 26.2 Å². The van der Waals surface area contributed by atoms with Crippen LogP contribution in [0, 0.1) is 17.0 Å². The summed E-state index contributed by atoms with van der Waals surface area (Å²) in [6.45, 7) is 3.81. The van der Waals surface area contributed by atoms with Crippen LogP contribution in [0.5, 0.6) is 0 Å². The molecule has 0 unspecified atom stereocenters. The molecule has 0 saturated carbocycles. The number of nitrogens with zero attached hydrogens (tertiary/aromatic N) is 1. The number of rotatable bonds is 6. The van der Waals surface area contributed by atoms with E-state index in [0.717, 1.165) is 25.7 Å². The van der Waals surface area contributed by atoms with Crippen LogP contribution in [0.25, 0.3) is 0 Å². The maximum absolute atomic E-state index is 9.83.